The monoisotopic (exact) mass is 396 g/mol. The second kappa shape index (κ2) is 7.20. The normalized spacial score (nSPS) is 15.1. The van der Waals surface area contributed by atoms with E-state index in [1.54, 1.807) is 42.5 Å². The zero-order chi connectivity index (χ0) is 19.8. The minimum absolute atomic E-state index is 0.238. The summed E-state index contributed by atoms with van der Waals surface area (Å²) in [6.45, 7) is 3.34. The molecule has 3 aromatic rings. The molecule has 1 aliphatic rings. The zero-order valence-corrected chi connectivity index (χ0v) is 16.1. The van der Waals surface area contributed by atoms with Gasteiger partial charge < -0.3 is 5.11 Å². The van der Waals surface area contributed by atoms with E-state index in [2.05, 4.69) is 10.1 Å². The van der Waals surface area contributed by atoms with Crippen molar-refractivity contribution < 1.29 is 19.0 Å². The van der Waals surface area contributed by atoms with Crippen molar-refractivity contribution >= 4 is 23.4 Å². The highest BCUT2D eigenvalue weighted by Crippen LogP contribution is 2.41. The third kappa shape index (κ3) is 2.90. The fourth-order valence-corrected chi connectivity index (χ4v) is 3.98. The van der Waals surface area contributed by atoms with Crippen molar-refractivity contribution in [2.24, 2.45) is 0 Å². The lowest BCUT2D eigenvalue weighted by atomic mass is 10.0. The van der Waals surface area contributed by atoms with Gasteiger partial charge in [-0.05, 0) is 30.0 Å². The number of nitrogens with zero attached hydrogens (tertiary/aromatic N) is 4. The summed E-state index contributed by atoms with van der Waals surface area (Å²) in [6.07, 6.45) is -0.921. The number of rotatable bonds is 3. The van der Waals surface area contributed by atoms with Crippen LogP contribution < -0.4 is 14.7 Å². The molecule has 1 unspecified atom stereocenters. The SMILES string of the molecule is CCSc1nc([O-])c2[n+](n1)C(c1ccccc1F)N(C(C)=O)c1ccccc1-2. The highest BCUT2D eigenvalue weighted by atomic mass is 32.2. The topological polar surface area (TPSA) is 73.0 Å². The number of hydrogen-bond acceptors (Lipinski definition) is 5. The van der Waals surface area contributed by atoms with E-state index in [-0.39, 0.29) is 17.2 Å². The Bertz CT molecular complexity index is 1080. The van der Waals surface area contributed by atoms with E-state index in [1.165, 1.54) is 34.3 Å². The van der Waals surface area contributed by atoms with E-state index in [0.29, 0.717) is 22.2 Å². The summed E-state index contributed by atoms with van der Waals surface area (Å²) in [5.74, 6) is -0.541. The van der Waals surface area contributed by atoms with Gasteiger partial charge in [0.2, 0.25) is 5.91 Å². The molecule has 0 aliphatic carbocycles. The van der Waals surface area contributed by atoms with Crippen molar-refractivity contribution in [3.05, 3.63) is 59.9 Å². The van der Waals surface area contributed by atoms with Crippen LogP contribution in [0.3, 0.4) is 0 Å². The number of benzene rings is 2. The summed E-state index contributed by atoms with van der Waals surface area (Å²) >= 11 is 1.31. The number of hydrogen-bond donors (Lipinski definition) is 0. The van der Waals surface area contributed by atoms with Gasteiger partial charge in [0, 0.05) is 12.0 Å². The highest BCUT2D eigenvalue weighted by Gasteiger charge is 2.44. The van der Waals surface area contributed by atoms with E-state index >= 15 is 0 Å². The second-order valence-electron chi connectivity index (χ2n) is 6.23. The fourth-order valence-electron chi connectivity index (χ4n) is 3.43. The maximum absolute atomic E-state index is 14.8. The largest absolute Gasteiger partial charge is 0.854 e. The predicted octanol–water partition coefficient (Wildman–Crippen LogP) is 2.67. The van der Waals surface area contributed by atoms with Crippen LogP contribution in [0.5, 0.6) is 5.88 Å². The van der Waals surface area contributed by atoms with Crippen LogP contribution in [-0.4, -0.2) is 21.7 Å². The average molecular weight is 396 g/mol. The van der Waals surface area contributed by atoms with Gasteiger partial charge in [-0.1, -0.05) is 47.6 Å². The summed E-state index contributed by atoms with van der Waals surface area (Å²) in [6, 6.07) is 13.2. The lowest BCUT2D eigenvalue weighted by Gasteiger charge is -2.32. The molecule has 2 heterocycles. The summed E-state index contributed by atoms with van der Waals surface area (Å²) in [5, 5.41) is 17.7. The van der Waals surface area contributed by atoms with Gasteiger partial charge in [-0.15, -0.1) is 0 Å². The first-order valence-corrected chi connectivity index (χ1v) is 9.78. The summed E-state index contributed by atoms with van der Waals surface area (Å²) < 4.78 is 16.2. The first kappa shape index (κ1) is 18.4. The first-order valence-electron chi connectivity index (χ1n) is 8.80. The lowest BCUT2D eigenvalue weighted by molar-refractivity contribution is -0.764. The number of carbonyl (C=O) groups excluding carboxylic acids is 1. The predicted molar refractivity (Wildman–Crippen MR) is 101 cm³/mol. The molecule has 142 valence electrons. The Morgan fingerprint density at radius 3 is 2.68 bits per heavy atom. The van der Waals surface area contributed by atoms with E-state index in [1.807, 2.05) is 6.92 Å². The molecular formula is C20H17FN4O2S. The number of halogens is 1. The van der Waals surface area contributed by atoms with Crippen LogP contribution in [0.15, 0.2) is 53.7 Å². The zero-order valence-electron chi connectivity index (χ0n) is 15.3. The maximum Gasteiger partial charge on any atom is 0.295 e. The molecule has 4 rings (SSSR count). The number of para-hydroxylation sites is 1. The number of thioether (sulfide) groups is 1. The van der Waals surface area contributed by atoms with E-state index in [4.69, 9.17) is 0 Å². The van der Waals surface area contributed by atoms with Crippen molar-refractivity contribution in [2.75, 3.05) is 10.7 Å². The summed E-state index contributed by atoms with van der Waals surface area (Å²) in [5.41, 5.74) is 1.56. The van der Waals surface area contributed by atoms with Crippen LogP contribution in [0, 0.1) is 5.82 Å². The van der Waals surface area contributed by atoms with E-state index < -0.39 is 17.9 Å². The lowest BCUT2D eigenvalue weighted by Crippen LogP contribution is -2.59. The van der Waals surface area contributed by atoms with Crippen molar-refractivity contribution in [1.82, 2.24) is 10.1 Å². The van der Waals surface area contributed by atoms with Crippen LogP contribution in [0.4, 0.5) is 10.1 Å². The van der Waals surface area contributed by atoms with E-state index in [9.17, 15) is 14.3 Å². The molecule has 6 nitrogen and oxygen atoms in total. The standard InChI is InChI=1S/C20H17FN4O2S/c1-3-28-20-22-18(27)17-14-9-5-7-11-16(14)24(12(2)26)19(25(17)23-20)13-8-4-6-10-15(13)21/h4-11,19H,3H2,1-2H3. The van der Waals surface area contributed by atoms with Crippen molar-refractivity contribution in [3.63, 3.8) is 0 Å². The average Bonchev–Trinajstić information content (AvgIpc) is 2.67. The van der Waals surface area contributed by atoms with Gasteiger partial charge in [-0.2, -0.15) is 0 Å². The van der Waals surface area contributed by atoms with Crippen molar-refractivity contribution in [3.8, 4) is 17.1 Å². The van der Waals surface area contributed by atoms with Gasteiger partial charge in [0.15, 0.2) is 0 Å². The van der Waals surface area contributed by atoms with Crippen molar-refractivity contribution in [2.45, 2.75) is 25.2 Å². The molecular weight excluding hydrogens is 379 g/mol. The molecule has 1 amide bonds. The molecule has 1 atom stereocenters. The molecule has 28 heavy (non-hydrogen) atoms. The molecule has 0 N–H and O–H groups in total. The Labute approximate surface area is 165 Å². The molecule has 0 radical (unpaired) electrons. The smallest absolute Gasteiger partial charge is 0.295 e. The molecule has 0 saturated heterocycles. The van der Waals surface area contributed by atoms with Gasteiger partial charge in [0.1, 0.15) is 5.82 Å². The van der Waals surface area contributed by atoms with Gasteiger partial charge in [0.05, 0.1) is 22.7 Å². The molecule has 0 spiro atoms. The number of fused-ring (bicyclic) bond motifs is 3. The minimum atomic E-state index is -0.921. The molecule has 8 heteroatoms. The summed E-state index contributed by atoms with van der Waals surface area (Å²) in [7, 11) is 0. The van der Waals surface area contributed by atoms with Crippen LogP contribution in [0.25, 0.3) is 11.3 Å². The Kier molecular flexibility index (Phi) is 4.72. The molecule has 0 fully saturated rings. The molecule has 0 saturated carbocycles. The highest BCUT2D eigenvalue weighted by molar-refractivity contribution is 7.99. The molecule has 2 aromatic carbocycles. The Morgan fingerprint density at radius 2 is 1.96 bits per heavy atom. The Morgan fingerprint density at radius 1 is 1.25 bits per heavy atom. The van der Waals surface area contributed by atoms with Crippen molar-refractivity contribution in [1.29, 1.82) is 0 Å². The number of aromatic nitrogens is 3. The number of anilines is 1. The van der Waals surface area contributed by atoms with Crippen LogP contribution in [0.2, 0.25) is 0 Å². The molecule has 1 aromatic heterocycles. The Hall–Kier alpha value is -3.00. The Balaban J connectivity index is 2.08. The molecule has 1 aliphatic heterocycles. The molecule has 0 bridgehead atoms. The summed E-state index contributed by atoms with van der Waals surface area (Å²) in [4.78, 5) is 18.2. The van der Waals surface area contributed by atoms with E-state index in [0.717, 1.165) is 0 Å². The third-order valence-electron chi connectivity index (χ3n) is 4.51. The number of amides is 1. The minimum Gasteiger partial charge on any atom is -0.854 e. The first-order chi connectivity index (χ1) is 13.5. The van der Waals surface area contributed by atoms with Gasteiger partial charge >= 0.3 is 0 Å². The van der Waals surface area contributed by atoms with Crippen LogP contribution in [-0.2, 0) is 4.79 Å². The number of carbonyl (C=O) groups is 1. The van der Waals surface area contributed by atoms with Gasteiger partial charge in [-0.25, -0.2) is 14.3 Å². The second-order valence-corrected chi connectivity index (χ2v) is 7.46. The maximum atomic E-state index is 14.8. The van der Waals surface area contributed by atoms with Gasteiger partial charge in [0.25, 0.3) is 17.0 Å². The van der Waals surface area contributed by atoms with Crippen LogP contribution in [0.1, 0.15) is 25.6 Å². The van der Waals surface area contributed by atoms with Gasteiger partial charge in [-0.3, -0.25) is 4.79 Å². The third-order valence-corrected chi connectivity index (χ3v) is 5.23. The fraction of sp³-hybridized carbons (Fsp3) is 0.200. The van der Waals surface area contributed by atoms with Crippen LogP contribution >= 0.6 is 11.8 Å². The quantitative estimate of drug-likeness (QED) is 0.503.